The summed E-state index contributed by atoms with van der Waals surface area (Å²) >= 11 is 0. The molecule has 0 aliphatic carbocycles. The molecule has 1 unspecified atom stereocenters. The number of likely N-dealkylation sites (tertiary alicyclic amines) is 1. The molecule has 6 aromatic rings. The van der Waals surface area contributed by atoms with E-state index in [1.165, 1.54) is 12.7 Å². The van der Waals surface area contributed by atoms with Crippen molar-refractivity contribution in [3.63, 3.8) is 0 Å². The number of carbonyl (C=O) groups excluding carboxylic acids is 3. The van der Waals surface area contributed by atoms with Crippen molar-refractivity contribution in [1.29, 1.82) is 0 Å². The molecule has 57 heavy (non-hydrogen) atoms. The van der Waals surface area contributed by atoms with Crippen molar-refractivity contribution < 1.29 is 23.9 Å². The molecule has 2 aromatic heterocycles. The van der Waals surface area contributed by atoms with Crippen LogP contribution in [0.5, 0.6) is 5.75 Å². The van der Waals surface area contributed by atoms with Crippen LogP contribution in [0.15, 0.2) is 109 Å². The highest BCUT2D eigenvalue weighted by Crippen LogP contribution is 2.29. The van der Waals surface area contributed by atoms with E-state index in [2.05, 4.69) is 50.1 Å². The van der Waals surface area contributed by atoms with Gasteiger partial charge in [0.1, 0.15) is 17.5 Å². The van der Waals surface area contributed by atoms with E-state index in [1.54, 1.807) is 48.5 Å². The summed E-state index contributed by atoms with van der Waals surface area (Å²) in [5.74, 6) is 0.977. The van der Waals surface area contributed by atoms with E-state index < -0.39 is 5.97 Å². The highest BCUT2D eigenvalue weighted by Gasteiger charge is 2.29. The van der Waals surface area contributed by atoms with E-state index in [9.17, 15) is 14.4 Å². The first-order valence-electron chi connectivity index (χ1n) is 19.6. The van der Waals surface area contributed by atoms with E-state index in [1.807, 2.05) is 51.9 Å². The average molecular weight is 767 g/mol. The van der Waals surface area contributed by atoms with Gasteiger partial charge in [0.2, 0.25) is 5.95 Å². The molecular weight excluding hydrogens is 721 g/mol. The van der Waals surface area contributed by atoms with E-state index in [0.717, 1.165) is 35.5 Å². The Kier molecular flexibility index (Phi) is 11.0. The average Bonchev–Trinajstić information content (AvgIpc) is 3.91. The largest absolute Gasteiger partial charge is 0.484 e. The van der Waals surface area contributed by atoms with E-state index in [4.69, 9.17) is 14.5 Å². The van der Waals surface area contributed by atoms with Gasteiger partial charge in [-0.1, -0.05) is 60.7 Å². The third kappa shape index (κ3) is 8.09. The Hall–Kier alpha value is -6.50. The van der Waals surface area contributed by atoms with Crippen LogP contribution >= 0.6 is 0 Å². The van der Waals surface area contributed by atoms with Crippen LogP contribution < -0.4 is 9.64 Å². The van der Waals surface area contributed by atoms with Gasteiger partial charge in [0.15, 0.2) is 0 Å². The number of ether oxygens (including phenoxy) is 2. The minimum absolute atomic E-state index is 0.0737. The Morgan fingerprint density at radius 1 is 0.754 bits per heavy atom. The normalized spacial score (nSPS) is 15.4. The second kappa shape index (κ2) is 16.7. The first-order valence-corrected chi connectivity index (χ1v) is 19.6. The van der Waals surface area contributed by atoms with Gasteiger partial charge in [-0.05, 0) is 79.4 Å². The molecule has 4 aromatic carbocycles. The molecule has 13 nitrogen and oxygen atoms in total. The Morgan fingerprint density at radius 3 is 2.11 bits per heavy atom. The van der Waals surface area contributed by atoms with Crippen molar-refractivity contribution in [2.24, 2.45) is 0 Å². The zero-order chi connectivity index (χ0) is 39.3. The fourth-order valence-electron chi connectivity index (χ4n) is 7.74. The maximum atomic E-state index is 13.8. The number of fused-ring (bicyclic) bond motifs is 1. The van der Waals surface area contributed by atoms with Crippen LogP contribution in [0.3, 0.4) is 0 Å². The molecule has 2 aliphatic rings. The number of aromatic nitrogens is 5. The van der Waals surface area contributed by atoms with Crippen molar-refractivity contribution in [3.05, 3.63) is 137 Å². The molecule has 2 fully saturated rings. The Morgan fingerprint density at radius 2 is 1.42 bits per heavy atom. The highest BCUT2D eigenvalue weighted by molar-refractivity contribution is 6.00. The van der Waals surface area contributed by atoms with Crippen LogP contribution in [0.1, 0.15) is 80.7 Å². The summed E-state index contributed by atoms with van der Waals surface area (Å²) in [6.07, 6.45) is 3.75. The van der Waals surface area contributed by atoms with E-state index in [-0.39, 0.29) is 24.0 Å². The van der Waals surface area contributed by atoms with Crippen molar-refractivity contribution >= 4 is 34.8 Å². The standard InChI is InChI=1S/C44H46N8O5/c1-3-40(57-36-18-16-32(17-19-36)43(55)56-2)38-30-52(47-46-38)35-20-22-48(23-21-35)41(53)33-12-9-13-34(28-33)42(54)49-24-26-50(27-25-49)44-45-37-14-7-8-15-39(37)51(44)29-31-10-5-4-6-11-31/h4-19,28,30,35,40H,3,20-27,29H2,1-2H3. The van der Waals surface area contributed by atoms with Crippen molar-refractivity contribution in [2.75, 3.05) is 51.3 Å². The van der Waals surface area contributed by atoms with Gasteiger partial charge in [0.25, 0.3) is 11.8 Å². The monoisotopic (exact) mass is 766 g/mol. The molecule has 2 aliphatic heterocycles. The number of hydrogen-bond acceptors (Lipinski definition) is 9. The maximum Gasteiger partial charge on any atom is 0.337 e. The molecule has 0 N–H and O–H groups in total. The first kappa shape index (κ1) is 37.4. The number of imidazole rings is 1. The van der Waals surface area contributed by atoms with Gasteiger partial charge in [0, 0.05) is 50.4 Å². The second-order valence-electron chi connectivity index (χ2n) is 14.5. The van der Waals surface area contributed by atoms with Crippen LogP contribution in [-0.4, -0.2) is 98.5 Å². The quantitative estimate of drug-likeness (QED) is 0.137. The summed E-state index contributed by atoms with van der Waals surface area (Å²) in [5.41, 5.74) is 5.44. The minimum Gasteiger partial charge on any atom is -0.484 e. The maximum absolute atomic E-state index is 13.8. The van der Waals surface area contributed by atoms with Gasteiger partial charge in [-0.3, -0.25) is 9.59 Å². The number of methoxy groups -OCH3 is 1. The number of nitrogens with zero attached hydrogens (tertiary/aromatic N) is 8. The lowest BCUT2D eigenvalue weighted by molar-refractivity contribution is 0.0599. The summed E-state index contributed by atoms with van der Waals surface area (Å²) < 4.78 is 15.1. The molecule has 4 heterocycles. The fourth-order valence-corrected chi connectivity index (χ4v) is 7.74. The Bertz CT molecular complexity index is 2340. The molecule has 2 saturated heterocycles. The highest BCUT2D eigenvalue weighted by atomic mass is 16.5. The summed E-state index contributed by atoms with van der Waals surface area (Å²) in [7, 11) is 1.35. The predicted octanol–water partition coefficient (Wildman–Crippen LogP) is 6.43. The van der Waals surface area contributed by atoms with E-state index >= 15 is 0 Å². The zero-order valence-corrected chi connectivity index (χ0v) is 32.2. The van der Waals surface area contributed by atoms with Crippen molar-refractivity contribution in [2.45, 2.75) is 44.9 Å². The Balaban J connectivity index is 0.858. The van der Waals surface area contributed by atoms with Crippen LogP contribution in [0.25, 0.3) is 11.0 Å². The number of anilines is 1. The van der Waals surface area contributed by atoms with Gasteiger partial charge in [-0.15, -0.1) is 5.10 Å². The molecule has 0 radical (unpaired) electrons. The number of para-hydroxylation sites is 2. The van der Waals surface area contributed by atoms with Gasteiger partial charge in [-0.2, -0.15) is 0 Å². The molecule has 0 bridgehead atoms. The number of benzene rings is 4. The molecule has 292 valence electrons. The minimum atomic E-state index is -0.400. The molecule has 8 rings (SSSR count). The van der Waals surface area contributed by atoms with Crippen LogP contribution in [-0.2, 0) is 11.3 Å². The summed E-state index contributed by atoms with van der Waals surface area (Å²) in [6.45, 7) is 6.28. The number of carbonyl (C=O) groups is 3. The van der Waals surface area contributed by atoms with Crippen molar-refractivity contribution in [1.82, 2.24) is 34.3 Å². The molecular formula is C44H46N8O5. The number of hydrogen-bond donors (Lipinski definition) is 0. The van der Waals surface area contributed by atoms with E-state index in [0.29, 0.717) is 74.7 Å². The van der Waals surface area contributed by atoms with Gasteiger partial charge >= 0.3 is 5.97 Å². The van der Waals surface area contributed by atoms with Crippen LogP contribution in [0, 0.1) is 0 Å². The number of piperidine rings is 1. The molecule has 2 amide bonds. The smallest absolute Gasteiger partial charge is 0.337 e. The summed E-state index contributed by atoms with van der Waals surface area (Å²) in [5, 5.41) is 8.85. The Labute approximate surface area is 331 Å². The fraction of sp³-hybridized carbons (Fsp3) is 0.318. The number of rotatable bonds is 11. The lowest BCUT2D eigenvalue weighted by Gasteiger charge is -2.35. The predicted molar refractivity (Wildman–Crippen MR) is 215 cm³/mol. The third-order valence-electron chi connectivity index (χ3n) is 10.9. The number of amides is 2. The SMILES string of the molecule is CCC(Oc1ccc(C(=O)OC)cc1)c1cn(C2CCN(C(=O)c3cccc(C(=O)N4CCN(c5nc6ccccc6n5Cc5ccccc5)CC4)c3)CC2)nn1. The first-order chi connectivity index (χ1) is 27.9. The van der Waals surface area contributed by atoms with Gasteiger partial charge in [0.05, 0.1) is 42.5 Å². The van der Waals surface area contributed by atoms with Crippen LogP contribution in [0.2, 0.25) is 0 Å². The molecule has 0 saturated carbocycles. The van der Waals surface area contributed by atoms with Crippen LogP contribution in [0.4, 0.5) is 5.95 Å². The zero-order valence-electron chi connectivity index (χ0n) is 32.2. The molecule has 13 heteroatoms. The molecule has 1 atom stereocenters. The second-order valence-corrected chi connectivity index (χ2v) is 14.5. The van der Waals surface area contributed by atoms with Gasteiger partial charge in [-0.25, -0.2) is 14.5 Å². The number of piperazine rings is 1. The number of esters is 1. The summed E-state index contributed by atoms with van der Waals surface area (Å²) in [6, 6.07) is 32.6. The topological polar surface area (TPSA) is 128 Å². The van der Waals surface area contributed by atoms with Gasteiger partial charge < -0.3 is 28.7 Å². The lowest BCUT2D eigenvalue weighted by Crippen LogP contribution is -2.49. The third-order valence-corrected chi connectivity index (χ3v) is 10.9. The lowest BCUT2D eigenvalue weighted by atomic mass is 10.0. The van der Waals surface area contributed by atoms with Crippen molar-refractivity contribution in [3.8, 4) is 5.75 Å². The summed E-state index contributed by atoms with van der Waals surface area (Å²) in [4.78, 5) is 50.3. The molecule has 0 spiro atoms.